The van der Waals surface area contributed by atoms with E-state index in [9.17, 15) is 0 Å². The van der Waals surface area contributed by atoms with Crippen LogP contribution in [0.2, 0.25) is 0 Å². The van der Waals surface area contributed by atoms with Crippen LogP contribution >= 0.6 is 0 Å². The minimum atomic E-state index is 0.0621. The predicted octanol–water partition coefficient (Wildman–Crippen LogP) is 3.78. The monoisotopic (exact) mass is 750 g/mol. The average Bonchev–Trinajstić information content (AvgIpc) is 3.87. The smallest absolute Gasteiger partial charge is 0.185 e. The molecule has 11 N–H and O–H groups in total. The van der Waals surface area contributed by atoms with Crippen LogP contribution in [0, 0.1) is 11.3 Å². The van der Waals surface area contributed by atoms with Crippen LogP contribution in [0.15, 0.2) is 89.1 Å². The normalized spacial score (nSPS) is 11.4. The largest absolute Gasteiger partial charge is 0.494 e. The second-order valence-corrected chi connectivity index (χ2v) is 12.8. The summed E-state index contributed by atoms with van der Waals surface area (Å²) in [6.07, 6.45) is 8.32. The van der Waals surface area contributed by atoms with Crippen molar-refractivity contribution in [2.75, 3.05) is 32.9 Å². The van der Waals surface area contributed by atoms with Gasteiger partial charge in [0.2, 0.25) is 0 Å². The number of hydrogen-bond acceptors (Lipinski definition) is 10. The molecule has 17 heteroatoms. The van der Waals surface area contributed by atoms with Gasteiger partial charge in [0.25, 0.3) is 0 Å². The van der Waals surface area contributed by atoms with Gasteiger partial charge in [0.05, 0.1) is 49.4 Å². The topological polar surface area (TPSA) is 268 Å². The third-order valence-corrected chi connectivity index (χ3v) is 8.49. The fraction of sp³-hybridized carbons (Fsp3) is 0.342. The van der Waals surface area contributed by atoms with E-state index >= 15 is 0 Å². The molecule has 3 aromatic carbocycles. The standard InChI is InChI=1S/C38H50N14O3/c1-2-26(18-36(39)40)8-5-15-55-33-20-27(34-24-51(49-47-34)29-9-3-11-31(22-29)53-16-6-13-45-37(41)42)19-28(21-33)35-25-52(50-48-35)30-10-4-12-32(23-30)54-17-7-14-46-38(43)44/h3-4,9-12,19-26H,2,5-8,13-18H2,1H3,(H3,39,40)(H4,41,42,45)(H4,43,44,46). The Morgan fingerprint density at radius 1 is 0.673 bits per heavy atom. The van der Waals surface area contributed by atoms with Crippen molar-refractivity contribution in [3.8, 4) is 51.1 Å². The summed E-state index contributed by atoms with van der Waals surface area (Å²) in [5, 5.41) is 25.5. The van der Waals surface area contributed by atoms with Gasteiger partial charge in [-0.25, -0.2) is 9.36 Å². The fourth-order valence-electron chi connectivity index (χ4n) is 5.70. The Hall–Kier alpha value is -6.65. The molecule has 55 heavy (non-hydrogen) atoms. The Labute approximate surface area is 320 Å². The van der Waals surface area contributed by atoms with Gasteiger partial charge >= 0.3 is 0 Å². The van der Waals surface area contributed by atoms with E-state index in [2.05, 4.69) is 37.5 Å². The Bertz CT molecular complexity index is 1920. The zero-order valence-corrected chi connectivity index (χ0v) is 31.1. The summed E-state index contributed by atoms with van der Waals surface area (Å²) in [6.45, 7) is 4.50. The van der Waals surface area contributed by atoms with Crippen LogP contribution in [0.5, 0.6) is 17.2 Å². The summed E-state index contributed by atoms with van der Waals surface area (Å²) in [5.74, 6) is 2.71. The maximum atomic E-state index is 7.68. The van der Waals surface area contributed by atoms with Gasteiger partial charge in [0.15, 0.2) is 11.9 Å². The number of ether oxygens (including phenoxy) is 3. The first-order valence-corrected chi connectivity index (χ1v) is 18.2. The van der Waals surface area contributed by atoms with Gasteiger partial charge in [-0.3, -0.25) is 15.4 Å². The highest BCUT2D eigenvalue weighted by molar-refractivity contribution is 5.77. The summed E-state index contributed by atoms with van der Waals surface area (Å²) < 4.78 is 21.5. The fourth-order valence-corrected chi connectivity index (χ4v) is 5.70. The third-order valence-electron chi connectivity index (χ3n) is 8.49. The summed E-state index contributed by atoms with van der Waals surface area (Å²) in [6, 6.07) is 21.1. The summed E-state index contributed by atoms with van der Waals surface area (Å²) in [7, 11) is 0. The minimum Gasteiger partial charge on any atom is -0.494 e. The Morgan fingerprint density at radius 3 is 1.64 bits per heavy atom. The number of rotatable bonds is 22. The number of aliphatic imine (C=N–C) groups is 2. The molecule has 5 aromatic rings. The molecule has 0 aliphatic carbocycles. The molecule has 0 saturated carbocycles. The van der Waals surface area contributed by atoms with E-state index in [0.29, 0.717) is 86.7 Å². The van der Waals surface area contributed by atoms with Crippen molar-refractivity contribution in [1.29, 1.82) is 5.41 Å². The van der Waals surface area contributed by atoms with Crippen LogP contribution in [0.25, 0.3) is 33.9 Å². The maximum Gasteiger partial charge on any atom is 0.185 e. The average molecular weight is 751 g/mol. The molecule has 0 amide bonds. The Balaban J connectivity index is 1.35. The van der Waals surface area contributed by atoms with Crippen molar-refractivity contribution in [1.82, 2.24) is 30.0 Å². The van der Waals surface area contributed by atoms with E-state index in [0.717, 1.165) is 41.8 Å². The first-order chi connectivity index (χ1) is 26.7. The molecule has 17 nitrogen and oxygen atoms in total. The number of amidine groups is 1. The highest BCUT2D eigenvalue weighted by Gasteiger charge is 2.15. The molecule has 0 bridgehead atoms. The number of guanidine groups is 2. The van der Waals surface area contributed by atoms with Crippen LogP contribution in [0.3, 0.4) is 0 Å². The quantitative estimate of drug-likeness (QED) is 0.0335. The van der Waals surface area contributed by atoms with E-state index in [1.165, 1.54) is 0 Å². The van der Waals surface area contributed by atoms with E-state index < -0.39 is 0 Å². The van der Waals surface area contributed by atoms with Crippen LogP contribution < -0.4 is 42.9 Å². The van der Waals surface area contributed by atoms with E-state index in [4.69, 9.17) is 48.3 Å². The van der Waals surface area contributed by atoms with Crippen LogP contribution in [0.1, 0.15) is 45.4 Å². The zero-order chi connectivity index (χ0) is 39.0. The van der Waals surface area contributed by atoms with E-state index in [-0.39, 0.29) is 17.8 Å². The third kappa shape index (κ3) is 12.5. The lowest BCUT2D eigenvalue weighted by molar-refractivity contribution is 0.291. The second-order valence-electron chi connectivity index (χ2n) is 12.8. The lowest BCUT2D eigenvalue weighted by Crippen LogP contribution is -2.23. The number of nitrogens with zero attached hydrogens (tertiary/aromatic N) is 8. The maximum absolute atomic E-state index is 7.68. The van der Waals surface area contributed by atoms with Gasteiger partial charge in [0.1, 0.15) is 28.6 Å². The summed E-state index contributed by atoms with van der Waals surface area (Å²) >= 11 is 0. The molecular weight excluding hydrogens is 701 g/mol. The van der Waals surface area contributed by atoms with Crippen molar-refractivity contribution in [3.05, 3.63) is 79.1 Å². The molecular formula is C38H50N14O3. The molecule has 5 rings (SSSR count). The summed E-state index contributed by atoms with van der Waals surface area (Å²) in [5.41, 5.74) is 31.7. The molecule has 0 aliphatic heterocycles. The van der Waals surface area contributed by atoms with Gasteiger partial charge in [-0.1, -0.05) is 35.9 Å². The Morgan fingerprint density at radius 2 is 1.16 bits per heavy atom. The van der Waals surface area contributed by atoms with E-state index in [1.54, 1.807) is 9.36 Å². The minimum absolute atomic E-state index is 0.0621. The number of aromatic nitrogens is 6. The van der Waals surface area contributed by atoms with Crippen molar-refractivity contribution in [2.24, 2.45) is 44.6 Å². The SMILES string of the molecule is CCC(CCCOc1cc(-c2cn(-c3cccc(OCCCN=C(N)N)c3)nn2)cc(-c2cn(-c3cccc(OCCCN=C(N)N)c3)nn2)c1)CC(=N)N. The van der Waals surface area contributed by atoms with Crippen molar-refractivity contribution in [2.45, 2.75) is 45.4 Å². The van der Waals surface area contributed by atoms with Crippen LogP contribution in [0.4, 0.5) is 0 Å². The molecule has 0 radical (unpaired) electrons. The van der Waals surface area contributed by atoms with Crippen molar-refractivity contribution < 1.29 is 14.2 Å². The van der Waals surface area contributed by atoms with E-state index in [1.807, 2.05) is 79.1 Å². The van der Waals surface area contributed by atoms with Crippen LogP contribution in [-0.2, 0) is 0 Å². The molecule has 2 heterocycles. The number of benzene rings is 3. The molecule has 290 valence electrons. The second kappa shape index (κ2) is 20.0. The highest BCUT2D eigenvalue weighted by atomic mass is 16.5. The lowest BCUT2D eigenvalue weighted by Gasteiger charge is -2.14. The van der Waals surface area contributed by atoms with Crippen molar-refractivity contribution >= 4 is 17.8 Å². The lowest BCUT2D eigenvalue weighted by atomic mass is 9.96. The summed E-state index contributed by atoms with van der Waals surface area (Å²) in [4.78, 5) is 7.98. The zero-order valence-electron chi connectivity index (χ0n) is 31.1. The van der Waals surface area contributed by atoms with Gasteiger partial charge in [-0.2, -0.15) is 0 Å². The van der Waals surface area contributed by atoms with Gasteiger partial charge in [-0.15, -0.1) is 10.2 Å². The number of nitrogens with one attached hydrogen (secondary N) is 1. The molecule has 1 unspecified atom stereocenters. The molecule has 0 fully saturated rings. The molecule has 0 saturated heterocycles. The molecule has 0 aliphatic rings. The molecule has 2 aromatic heterocycles. The highest BCUT2D eigenvalue weighted by Crippen LogP contribution is 2.31. The van der Waals surface area contributed by atoms with Crippen LogP contribution in [-0.4, -0.2) is 80.7 Å². The molecule has 0 spiro atoms. The Kier molecular flexibility index (Phi) is 14.4. The van der Waals surface area contributed by atoms with Gasteiger partial charge in [-0.05, 0) is 61.2 Å². The van der Waals surface area contributed by atoms with Gasteiger partial charge in [0, 0.05) is 55.6 Å². The van der Waals surface area contributed by atoms with Gasteiger partial charge < -0.3 is 42.9 Å². The number of hydrogen-bond donors (Lipinski definition) is 6. The predicted molar refractivity (Wildman–Crippen MR) is 214 cm³/mol. The first kappa shape index (κ1) is 39.6. The number of nitrogens with two attached hydrogens (primary N) is 5. The van der Waals surface area contributed by atoms with Crippen molar-refractivity contribution in [3.63, 3.8) is 0 Å². The molecule has 1 atom stereocenters. The first-order valence-electron chi connectivity index (χ1n) is 18.2.